The number of carboxylic acid groups (broad SMARTS) is 1. The van der Waals surface area contributed by atoms with E-state index in [1.807, 2.05) is 4.72 Å². The topological polar surface area (TPSA) is 92.7 Å². The van der Waals surface area contributed by atoms with Gasteiger partial charge in [-0.15, -0.1) is 0 Å². The van der Waals surface area contributed by atoms with Gasteiger partial charge in [0.25, 0.3) is 10.0 Å². The van der Waals surface area contributed by atoms with E-state index in [0.29, 0.717) is 6.07 Å². The van der Waals surface area contributed by atoms with Crippen LogP contribution in [0.4, 0.5) is 14.5 Å². The van der Waals surface area contributed by atoms with E-state index in [1.165, 1.54) is 7.11 Å². The molecule has 2 N–H and O–H groups in total. The number of nitrogens with one attached hydrogen (secondary N) is 1. The summed E-state index contributed by atoms with van der Waals surface area (Å²) in [6.45, 7) is 0. The largest absolute Gasteiger partial charge is 0.494 e. The van der Waals surface area contributed by atoms with Crippen molar-refractivity contribution < 1.29 is 31.8 Å². The molecule has 0 amide bonds. The zero-order valence-corrected chi connectivity index (χ0v) is 12.5. The summed E-state index contributed by atoms with van der Waals surface area (Å²) in [4.78, 5) is 10.4. The third-order valence-electron chi connectivity index (χ3n) is 2.89. The molecule has 0 saturated heterocycles. The molecular formula is C14H11F2NO5S. The third kappa shape index (κ3) is 3.57. The maximum absolute atomic E-state index is 13.7. The van der Waals surface area contributed by atoms with Gasteiger partial charge in [0.05, 0.1) is 23.3 Å². The Morgan fingerprint density at radius 3 is 2.39 bits per heavy atom. The highest BCUT2D eigenvalue weighted by Gasteiger charge is 2.19. The molecule has 0 aliphatic carbocycles. The Morgan fingerprint density at radius 2 is 1.83 bits per heavy atom. The second-order valence-electron chi connectivity index (χ2n) is 4.40. The van der Waals surface area contributed by atoms with Crippen LogP contribution in [0.3, 0.4) is 0 Å². The number of anilines is 1. The highest BCUT2D eigenvalue weighted by molar-refractivity contribution is 7.92. The zero-order valence-electron chi connectivity index (χ0n) is 11.7. The maximum atomic E-state index is 13.7. The Balaban J connectivity index is 2.40. The van der Waals surface area contributed by atoms with E-state index in [4.69, 9.17) is 5.11 Å². The maximum Gasteiger partial charge on any atom is 0.335 e. The number of sulfonamides is 1. The molecular weight excluding hydrogens is 332 g/mol. The van der Waals surface area contributed by atoms with Crippen LogP contribution in [0.2, 0.25) is 0 Å². The van der Waals surface area contributed by atoms with E-state index in [2.05, 4.69) is 4.74 Å². The summed E-state index contributed by atoms with van der Waals surface area (Å²) in [6, 6.07) is 5.52. The SMILES string of the molecule is COc1ccc(S(=O)(=O)Nc2cc(C(=O)O)ccc2F)cc1F. The van der Waals surface area contributed by atoms with E-state index >= 15 is 0 Å². The van der Waals surface area contributed by atoms with Gasteiger partial charge in [-0.25, -0.2) is 22.0 Å². The molecule has 122 valence electrons. The summed E-state index contributed by atoms with van der Waals surface area (Å²) in [6.07, 6.45) is 0. The number of hydrogen-bond donors (Lipinski definition) is 2. The predicted octanol–water partition coefficient (Wildman–Crippen LogP) is 2.47. The Hall–Kier alpha value is -2.68. The molecule has 23 heavy (non-hydrogen) atoms. The second-order valence-corrected chi connectivity index (χ2v) is 6.08. The third-order valence-corrected chi connectivity index (χ3v) is 4.25. The molecule has 2 aromatic rings. The summed E-state index contributed by atoms with van der Waals surface area (Å²) in [7, 11) is -3.08. The monoisotopic (exact) mass is 343 g/mol. The number of rotatable bonds is 5. The van der Waals surface area contributed by atoms with Gasteiger partial charge < -0.3 is 9.84 Å². The quantitative estimate of drug-likeness (QED) is 0.870. The fraction of sp³-hybridized carbons (Fsp3) is 0.0714. The van der Waals surface area contributed by atoms with Gasteiger partial charge in [0.1, 0.15) is 5.82 Å². The second kappa shape index (κ2) is 6.21. The summed E-state index contributed by atoms with van der Waals surface area (Å²) in [5.74, 6) is -3.37. The summed E-state index contributed by atoms with van der Waals surface area (Å²) >= 11 is 0. The Morgan fingerprint density at radius 1 is 1.13 bits per heavy atom. The number of methoxy groups -OCH3 is 1. The van der Waals surface area contributed by atoms with Crippen LogP contribution >= 0.6 is 0 Å². The highest BCUT2D eigenvalue weighted by Crippen LogP contribution is 2.24. The lowest BCUT2D eigenvalue weighted by molar-refractivity contribution is 0.0697. The van der Waals surface area contributed by atoms with E-state index < -0.39 is 38.2 Å². The minimum absolute atomic E-state index is 0.150. The summed E-state index contributed by atoms with van der Waals surface area (Å²) < 4.78 is 58.1. The Bertz CT molecular complexity index is 867. The van der Waals surface area contributed by atoms with Crippen molar-refractivity contribution in [1.82, 2.24) is 0 Å². The zero-order chi connectivity index (χ0) is 17.2. The van der Waals surface area contributed by atoms with Crippen molar-refractivity contribution in [2.75, 3.05) is 11.8 Å². The van der Waals surface area contributed by atoms with Crippen molar-refractivity contribution in [3.8, 4) is 5.75 Å². The van der Waals surface area contributed by atoms with Crippen LogP contribution in [0.25, 0.3) is 0 Å². The van der Waals surface area contributed by atoms with Gasteiger partial charge in [0.2, 0.25) is 0 Å². The molecule has 0 heterocycles. The number of benzene rings is 2. The van der Waals surface area contributed by atoms with Crippen molar-refractivity contribution in [1.29, 1.82) is 0 Å². The molecule has 2 rings (SSSR count). The fourth-order valence-electron chi connectivity index (χ4n) is 1.75. The molecule has 0 radical (unpaired) electrons. The molecule has 0 saturated carbocycles. The Labute approximate surface area is 130 Å². The van der Waals surface area contributed by atoms with Crippen molar-refractivity contribution in [2.45, 2.75) is 4.90 Å². The lowest BCUT2D eigenvalue weighted by atomic mass is 10.2. The number of ether oxygens (including phenoxy) is 1. The molecule has 0 bridgehead atoms. The summed E-state index contributed by atoms with van der Waals surface area (Å²) in [5.41, 5.74) is -0.855. The van der Waals surface area contributed by atoms with E-state index in [1.54, 1.807) is 0 Å². The number of aromatic carboxylic acids is 1. The molecule has 9 heteroatoms. The first-order chi connectivity index (χ1) is 10.7. The summed E-state index contributed by atoms with van der Waals surface area (Å²) in [5, 5.41) is 8.85. The fourth-order valence-corrected chi connectivity index (χ4v) is 2.82. The molecule has 0 aliphatic rings. The van der Waals surface area contributed by atoms with Crippen molar-refractivity contribution >= 4 is 21.7 Å². The van der Waals surface area contributed by atoms with E-state index in [-0.39, 0.29) is 11.3 Å². The lowest BCUT2D eigenvalue weighted by Crippen LogP contribution is -2.15. The first kappa shape index (κ1) is 16.7. The van der Waals surface area contributed by atoms with Gasteiger partial charge in [0.15, 0.2) is 11.6 Å². The van der Waals surface area contributed by atoms with Crippen LogP contribution in [0, 0.1) is 11.6 Å². The highest BCUT2D eigenvalue weighted by atomic mass is 32.2. The first-order valence-corrected chi connectivity index (χ1v) is 7.62. The van der Waals surface area contributed by atoms with Gasteiger partial charge in [-0.3, -0.25) is 4.72 Å². The van der Waals surface area contributed by atoms with Crippen LogP contribution in [-0.2, 0) is 10.0 Å². The molecule has 0 spiro atoms. The van der Waals surface area contributed by atoms with Gasteiger partial charge in [-0.2, -0.15) is 0 Å². The molecule has 0 aliphatic heterocycles. The standard InChI is InChI=1S/C14H11F2NO5S/c1-22-13-5-3-9(7-11(13)16)23(20,21)17-12-6-8(14(18)19)2-4-10(12)15/h2-7,17H,1H3,(H,18,19). The molecule has 0 atom stereocenters. The van der Waals surface area contributed by atoms with Crippen LogP contribution < -0.4 is 9.46 Å². The van der Waals surface area contributed by atoms with Crippen LogP contribution in [0.5, 0.6) is 5.75 Å². The minimum atomic E-state index is -4.30. The normalized spacial score (nSPS) is 11.1. The predicted molar refractivity (Wildman–Crippen MR) is 77.1 cm³/mol. The van der Waals surface area contributed by atoms with Crippen LogP contribution in [0.15, 0.2) is 41.3 Å². The van der Waals surface area contributed by atoms with E-state index in [0.717, 1.165) is 30.3 Å². The number of carboxylic acids is 1. The van der Waals surface area contributed by atoms with Crippen LogP contribution in [0.1, 0.15) is 10.4 Å². The van der Waals surface area contributed by atoms with Gasteiger partial charge in [0, 0.05) is 0 Å². The van der Waals surface area contributed by atoms with Crippen molar-refractivity contribution in [3.05, 3.63) is 53.6 Å². The van der Waals surface area contributed by atoms with Gasteiger partial charge >= 0.3 is 5.97 Å². The average Bonchev–Trinajstić information content (AvgIpc) is 2.49. The number of halogens is 2. The van der Waals surface area contributed by atoms with E-state index in [9.17, 15) is 22.0 Å². The van der Waals surface area contributed by atoms with Crippen LogP contribution in [-0.4, -0.2) is 26.6 Å². The first-order valence-electron chi connectivity index (χ1n) is 6.14. The van der Waals surface area contributed by atoms with Gasteiger partial charge in [-0.05, 0) is 36.4 Å². The molecule has 6 nitrogen and oxygen atoms in total. The van der Waals surface area contributed by atoms with Crippen molar-refractivity contribution in [2.24, 2.45) is 0 Å². The molecule has 0 aromatic heterocycles. The average molecular weight is 343 g/mol. The number of carbonyl (C=O) groups is 1. The molecule has 0 fully saturated rings. The van der Waals surface area contributed by atoms with Gasteiger partial charge in [-0.1, -0.05) is 0 Å². The minimum Gasteiger partial charge on any atom is -0.494 e. The smallest absolute Gasteiger partial charge is 0.335 e. The Kier molecular flexibility index (Phi) is 4.50. The molecule has 0 unspecified atom stereocenters. The lowest BCUT2D eigenvalue weighted by Gasteiger charge is -2.10. The van der Waals surface area contributed by atoms with Crippen molar-refractivity contribution in [3.63, 3.8) is 0 Å². The number of hydrogen-bond acceptors (Lipinski definition) is 4. The molecule has 2 aromatic carbocycles.